The van der Waals surface area contributed by atoms with Crippen LogP contribution in [0, 0.1) is 0 Å². The second kappa shape index (κ2) is 10.4. The Morgan fingerprint density at radius 2 is 2.06 bits per heavy atom. The summed E-state index contributed by atoms with van der Waals surface area (Å²) in [5, 5.41) is 4.24. The lowest BCUT2D eigenvalue weighted by Gasteiger charge is -2.01. The fourth-order valence-electron chi connectivity index (χ4n) is 1.60. The van der Waals surface area contributed by atoms with E-state index in [0.717, 1.165) is 12.3 Å². The second-order valence-electron chi connectivity index (χ2n) is 3.99. The first-order valence-corrected chi connectivity index (χ1v) is 6.22. The molecule has 0 unspecified atom stereocenters. The number of halogens is 1. The van der Waals surface area contributed by atoms with Crippen LogP contribution in [0.4, 0.5) is 0 Å². The molecule has 0 saturated heterocycles. The van der Waals surface area contributed by atoms with Gasteiger partial charge in [0.05, 0.1) is 12.4 Å². The van der Waals surface area contributed by atoms with Gasteiger partial charge < -0.3 is 10.5 Å². The summed E-state index contributed by atoms with van der Waals surface area (Å²) >= 11 is 0. The van der Waals surface area contributed by atoms with Crippen LogP contribution < -0.4 is 10.5 Å². The fourth-order valence-corrected chi connectivity index (χ4v) is 1.60. The van der Waals surface area contributed by atoms with Crippen LogP contribution in [0.2, 0.25) is 0 Å². The summed E-state index contributed by atoms with van der Waals surface area (Å²) in [5.74, 6) is 0.819. The van der Waals surface area contributed by atoms with Gasteiger partial charge in [-0.05, 0) is 6.42 Å². The Balaban J connectivity index is 0.00000256. The molecular formula is C12H24ClN3O. The van der Waals surface area contributed by atoms with Crippen LogP contribution in [-0.4, -0.2) is 22.9 Å². The van der Waals surface area contributed by atoms with Gasteiger partial charge in [-0.2, -0.15) is 5.10 Å². The number of nitrogens with zero attached hydrogens (tertiary/aromatic N) is 2. The van der Waals surface area contributed by atoms with Gasteiger partial charge in [0.15, 0.2) is 5.75 Å². The summed E-state index contributed by atoms with van der Waals surface area (Å²) in [4.78, 5) is 0. The van der Waals surface area contributed by atoms with Gasteiger partial charge in [0.2, 0.25) is 0 Å². The highest BCUT2D eigenvalue weighted by molar-refractivity contribution is 5.85. The monoisotopic (exact) mass is 261 g/mol. The molecule has 1 aromatic heterocycles. The summed E-state index contributed by atoms with van der Waals surface area (Å²) in [6.45, 7) is 4.31. The van der Waals surface area contributed by atoms with Crippen molar-refractivity contribution in [2.45, 2.75) is 45.6 Å². The minimum Gasteiger partial charge on any atom is -0.489 e. The first-order valence-electron chi connectivity index (χ1n) is 6.22. The number of rotatable bonds is 9. The van der Waals surface area contributed by atoms with E-state index in [0.29, 0.717) is 13.2 Å². The predicted octanol–water partition coefficient (Wildman–Crippen LogP) is 2.61. The first-order chi connectivity index (χ1) is 7.86. The molecule has 100 valence electrons. The van der Waals surface area contributed by atoms with E-state index in [1.807, 2.05) is 10.9 Å². The molecule has 0 fully saturated rings. The van der Waals surface area contributed by atoms with Crippen molar-refractivity contribution < 1.29 is 4.74 Å². The molecule has 1 aromatic rings. The number of nitrogens with two attached hydrogens (primary N) is 1. The smallest absolute Gasteiger partial charge is 0.157 e. The largest absolute Gasteiger partial charge is 0.489 e. The minimum absolute atomic E-state index is 0. The highest BCUT2D eigenvalue weighted by atomic mass is 35.5. The minimum atomic E-state index is 0. The molecule has 0 aliphatic heterocycles. The third-order valence-electron chi connectivity index (χ3n) is 2.49. The van der Waals surface area contributed by atoms with Crippen LogP contribution >= 0.6 is 12.4 Å². The van der Waals surface area contributed by atoms with Crippen LogP contribution in [-0.2, 0) is 6.54 Å². The van der Waals surface area contributed by atoms with Gasteiger partial charge in [-0.3, -0.25) is 4.68 Å². The molecule has 17 heavy (non-hydrogen) atoms. The molecule has 1 heterocycles. The molecule has 0 radical (unpaired) electrons. The molecule has 0 saturated carbocycles. The molecule has 0 aliphatic carbocycles. The highest BCUT2D eigenvalue weighted by Crippen LogP contribution is 2.09. The number of ether oxygens (including phenoxy) is 1. The van der Waals surface area contributed by atoms with Crippen molar-refractivity contribution in [1.29, 1.82) is 0 Å². The fraction of sp³-hybridized carbons (Fsp3) is 0.750. The third kappa shape index (κ3) is 7.23. The zero-order valence-electron chi connectivity index (χ0n) is 10.6. The molecule has 0 amide bonds. The van der Waals surface area contributed by atoms with Crippen LogP contribution in [0.3, 0.4) is 0 Å². The van der Waals surface area contributed by atoms with E-state index >= 15 is 0 Å². The van der Waals surface area contributed by atoms with E-state index in [1.54, 1.807) is 6.20 Å². The second-order valence-corrected chi connectivity index (χ2v) is 3.99. The van der Waals surface area contributed by atoms with E-state index in [4.69, 9.17) is 10.5 Å². The Morgan fingerprint density at radius 1 is 1.29 bits per heavy atom. The molecule has 0 spiro atoms. The lowest BCUT2D eigenvalue weighted by Crippen LogP contribution is -2.10. The van der Waals surface area contributed by atoms with Gasteiger partial charge in [-0.1, -0.05) is 32.6 Å². The summed E-state index contributed by atoms with van der Waals surface area (Å²) in [6.07, 6.45) is 10.1. The first kappa shape index (κ1) is 16.3. The van der Waals surface area contributed by atoms with Gasteiger partial charge in [0.1, 0.15) is 6.61 Å². The molecule has 0 bridgehead atoms. The maximum Gasteiger partial charge on any atom is 0.157 e. The van der Waals surface area contributed by atoms with Crippen molar-refractivity contribution in [1.82, 2.24) is 9.78 Å². The summed E-state index contributed by atoms with van der Waals surface area (Å²) < 4.78 is 7.31. The van der Waals surface area contributed by atoms with E-state index in [-0.39, 0.29) is 12.4 Å². The Bertz CT molecular complexity index is 278. The van der Waals surface area contributed by atoms with Crippen molar-refractivity contribution in [3.05, 3.63) is 12.4 Å². The number of hydrogen-bond donors (Lipinski definition) is 1. The molecule has 0 atom stereocenters. The lowest BCUT2D eigenvalue weighted by molar-refractivity contribution is 0.327. The maximum absolute atomic E-state index is 5.37. The molecular weight excluding hydrogens is 238 g/mol. The maximum atomic E-state index is 5.37. The molecule has 2 N–H and O–H groups in total. The zero-order valence-corrected chi connectivity index (χ0v) is 11.4. The van der Waals surface area contributed by atoms with Crippen LogP contribution in [0.25, 0.3) is 0 Å². The van der Waals surface area contributed by atoms with Crippen molar-refractivity contribution >= 4 is 12.4 Å². The van der Waals surface area contributed by atoms with Crippen molar-refractivity contribution in [2.75, 3.05) is 13.2 Å². The predicted molar refractivity (Wildman–Crippen MR) is 72.8 cm³/mol. The Hall–Kier alpha value is -0.740. The zero-order chi connectivity index (χ0) is 11.6. The highest BCUT2D eigenvalue weighted by Gasteiger charge is 1.98. The average Bonchev–Trinajstić information content (AvgIpc) is 2.74. The lowest BCUT2D eigenvalue weighted by atomic mass is 10.1. The van der Waals surface area contributed by atoms with Gasteiger partial charge in [-0.25, -0.2) is 0 Å². The van der Waals surface area contributed by atoms with E-state index in [1.165, 1.54) is 32.1 Å². The third-order valence-corrected chi connectivity index (χ3v) is 2.49. The molecule has 5 heteroatoms. The quantitative estimate of drug-likeness (QED) is 0.696. The van der Waals surface area contributed by atoms with Crippen molar-refractivity contribution in [2.24, 2.45) is 5.73 Å². The summed E-state index contributed by atoms with van der Waals surface area (Å²) in [6, 6.07) is 0. The van der Waals surface area contributed by atoms with E-state index < -0.39 is 0 Å². The van der Waals surface area contributed by atoms with E-state index in [9.17, 15) is 0 Å². The average molecular weight is 262 g/mol. The normalized spacial score (nSPS) is 10.0. The Kier molecular flexibility index (Phi) is 9.96. The van der Waals surface area contributed by atoms with Crippen LogP contribution in [0.5, 0.6) is 5.75 Å². The van der Waals surface area contributed by atoms with Crippen LogP contribution in [0.1, 0.15) is 39.0 Å². The number of hydrogen-bond acceptors (Lipinski definition) is 3. The Labute approximate surface area is 110 Å². The van der Waals surface area contributed by atoms with Gasteiger partial charge in [0, 0.05) is 13.1 Å². The molecule has 0 aliphatic rings. The van der Waals surface area contributed by atoms with Gasteiger partial charge >= 0.3 is 0 Å². The summed E-state index contributed by atoms with van der Waals surface area (Å²) in [7, 11) is 0. The number of aryl methyl sites for hydroxylation is 1. The van der Waals surface area contributed by atoms with Crippen molar-refractivity contribution in [3.63, 3.8) is 0 Å². The number of unbranched alkanes of at least 4 members (excludes halogenated alkanes) is 4. The molecule has 4 nitrogen and oxygen atoms in total. The van der Waals surface area contributed by atoms with E-state index in [2.05, 4.69) is 12.0 Å². The topological polar surface area (TPSA) is 53.1 Å². The summed E-state index contributed by atoms with van der Waals surface area (Å²) in [5.41, 5.74) is 5.36. The van der Waals surface area contributed by atoms with Crippen molar-refractivity contribution in [3.8, 4) is 5.75 Å². The molecule has 1 rings (SSSR count). The number of aromatic nitrogens is 2. The standard InChI is InChI=1S/C12H23N3O.ClH/c1-2-3-4-5-6-8-15-11-12(10-14-15)16-9-7-13;/h10-11H,2-9,13H2,1H3;1H. The Morgan fingerprint density at radius 3 is 2.76 bits per heavy atom. The van der Waals surface area contributed by atoms with Gasteiger partial charge in [-0.15, -0.1) is 12.4 Å². The molecule has 0 aromatic carbocycles. The SMILES string of the molecule is CCCCCCCn1cc(OCCN)cn1.Cl. The van der Waals surface area contributed by atoms with Gasteiger partial charge in [0.25, 0.3) is 0 Å². The van der Waals surface area contributed by atoms with Crippen LogP contribution in [0.15, 0.2) is 12.4 Å².